The van der Waals surface area contributed by atoms with E-state index >= 15 is 0 Å². The fraction of sp³-hybridized carbons (Fsp3) is 0.0800. The minimum absolute atomic E-state index is 0.198. The van der Waals surface area contributed by atoms with E-state index in [1.807, 2.05) is 24.3 Å². The quantitative estimate of drug-likeness (QED) is 0.256. The molecule has 1 heterocycles. The molecule has 3 aromatic rings. The van der Waals surface area contributed by atoms with E-state index in [4.69, 9.17) is 39.5 Å². The first-order chi connectivity index (χ1) is 16.7. The van der Waals surface area contributed by atoms with E-state index in [9.17, 15) is 14.4 Å². The van der Waals surface area contributed by atoms with E-state index in [1.165, 1.54) is 18.2 Å². The van der Waals surface area contributed by atoms with Crippen molar-refractivity contribution in [2.45, 2.75) is 13.5 Å². The predicted octanol–water partition coefficient (Wildman–Crippen LogP) is 6.96. The Kier molecular flexibility index (Phi) is 7.52. The third-order valence-corrected chi connectivity index (χ3v) is 6.71. The second-order valence-corrected chi connectivity index (χ2v) is 9.71. The molecule has 0 spiro atoms. The molecule has 4 amide bonds. The van der Waals surface area contributed by atoms with Crippen molar-refractivity contribution in [3.8, 4) is 5.75 Å². The maximum Gasteiger partial charge on any atom is 0.335 e. The van der Waals surface area contributed by atoms with Gasteiger partial charge in [0.05, 0.1) is 15.7 Å². The number of nitrogens with zero attached hydrogens (tertiary/aromatic N) is 1. The number of hydrogen-bond acceptors (Lipinski definition) is 4. The zero-order valence-electron chi connectivity index (χ0n) is 18.1. The van der Waals surface area contributed by atoms with Crippen molar-refractivity contribution in [3.05, 3.63) is 96.4 Å². The van der Waals surface area contributed by atoms with Crippen LogP contribution in [0.15, 0.2) is 64.6 Å². The number of rotatable bonds is 5. The standard InChI is InChI=1S/C25H16BrCl3N2O4/c1-13-18(27)3-2-4-21(13)31-24(33)17(23(32)30-25(31)34)9-15-10-19(28)22(20(29)11-15)35-12-14-5-7-16(26)8-6-14/h2-11H,12H2,1H3,(H,30,32,34)/b17-9+. The van der Waals surface area contributed by atoms with Crippen molar-refractivity contribution < 1.29 is 19.1 Å². The van der Waals surface area contributed by atoms with E-state index in [0.717, 1.165) is 14.9 Å². The molecular weight excluding hydrogens is 579 g/mol. The predicted molar refractivity (Wildman–Crippen MR) is 140 cm³/mol. The molecule has 0 saturated carbocycles. The number of amides is 4. The number of imide groups is 2. The van der Waals surface area contributed by atoms with Gasteiger partial charge >= 0.3 is 6.03 Å². The summed E-state index contributed by atoms with van der Waals surface area (Å²) in [7, 11) is 0. The van der Waals surface area contributed by atoms with Crippen LogP contribution in [-0.4, -0.2) is 17.8 Å². The number of benzene rings is 3. The van der Waals surface area contributed by atoms with E-state index in [-0.39, 0.29) is 33.7 Å². The van der Waals surface area contributed by atoms with Crippen molar-refractivity contribution in [2.24, 2.45) is 0 Å². The topological polar surface area (TPSA) is 75.7 Å². The van der Waals surface area contributed by atoms with Gasteiger partial charge < -0.3 is 4.74 Å². The molecule has 10 heteroatoms. The second kappa shape index (κ2) is 10.4. The number of urea groups is 1. The molecule has 178 valence electrons. The number of carbonyl (C=O) groups is 3. The lowest BCUT2D eigenvalue weighted by molar-refractivity contribution is -0.122. The summed E-state index contributed by atoms with van der Waals surface area (Å²) in [4.78, 5) is 39.0. The van der Waals surface area contributed by atoms with Crippen LogP contribution in [0, 0.1) is 6.92 Å². The molecule has 0 atom stereocenters. The van der Waals surface area contributed by atoms with Crippen molar-refractivity contribution in [2.75, 3.05) is 4.90 Å². The normalized spacial score (nSPS) is 14.9. The number of nitrogens with one attached hydrogen (secondary N) is 1. The minimum atomic E-state index is -0.865. The smallest absolute Gasteiger partial charge is 0.335 e. The highest BCUT2D eigenvalue weighted by Crippen LogP contribution is 2.36. The maximum absolute atomic E-state index is 13.2. The average molecular weight is 595 g/mol. The van der Waals surface area contributed by atoms with Gasteiger partial charge in [0.1, 0.15) is 12.2 Å². The molecule has 0 radical (unpaired) electrons. The van der Waals surface area contributed by atoms with Gasteiger partial charge in [0.2, 0.25) is 0 Å². The fourth-order valence-corrected chi connectivity index (χ4v) is 4.47. The van der Waals surface area contributed by atoms with Crippen LogP contribution in [0.3, 0.4) is 0 Å². The third-order valence-electron chi connectivity index (χ3n) is 5.21. The van der Waals surface area contributed by atoms with Gasteiger partial charge in [-0.3, -0.25) is 14.9 Å². The van der Waals surface area contributed by atoms with Crippen molar-refractivity contribution in [1.82, 2.24) is 5.32 Å². The Labute approximate surface area is 224 Å². The van der Waals surface area contributed by atoms with Gasteiger partial charge in [0, 0.05) is 9.50 Å². The van der Waals surface area contributed by atoms with Crippen molar-refractivity contribution >= 4 is 80.3 Å². The van der Waals surface area contributed by atoms with Gasteiger partial charge in [-0.15, -0.1) is 0 Å². The van der Waals surface area contributed by atoms with Crippen LogP contribution in [0.25, 0.3) is 6.08 Å². The van der Waals surface area contributed by atoms with Crippen LogP contribution in [0.2, 0.25) is 15.1 Å². The number of halogens is 4. The molecule has 35 heavy (non-hydrogen) atoms. The number of carbonyl (C=O) groups excluding carboxylic acids is 3. The largest absolute Gasteiger partial charge is 0.486 e. The average Bonchev–Trinajstić information content (AvgIpc) is 2.80. The Balaban J connectivity index is 1.63. The Morgan fingerprint density at radius 2 is 1.63 bits per heavy atom. The molecule has 0 aliphatic carbocycles. The molecule has 1 aliphatic heterocycles. The molecule has 4 rings (SSSR count). The Bertz CT molecular complexity index is 1370. The molecular formula is C25H16BrCl3N2O4. The van der Waals surface area contributed by atoms with Crippen molar-refractivity contribution in [3.63, 3.8) is 0 Å². The summed E-state index contributed by atoms with van der Waals surface area (Å²) in [6, 6.07) is 14.6. The summed E-state index contributed by atoms with van der Waals surface area (Å²) >= 11 is 22.3. The van der Waals surface area contributed by atoms with Crippen LogP contribution in [0.1, 0.15) is 16.7 Å². The van der Waals surface area contributed by atoms with Crippen LogP contribution < -0.4 is 15.0 Å². The van der Waals surface area contributed by atoms with E-state index in [1.54, 1.807) is 25.1 Å². The zero-order chi connectivity index (χ0) is 25.3. The number of anilines is 1. The number of ether oxygens (including phenoxy) is 1. The van der Waals surface area contributed by atoms with Gasteiger partial charge in [-0.1, -0.05) is 68.9 Å². The number of hydrogen-bond donors (Lipinski definition) is 1. The Morgan fingerprint density at radius 3 is 2.29 bits per heavy atom. The Morgan fingerprint density at radius 1 is 0.971 bits per heavy atom. The maximum atomic E-state index is 13.2. The molecule has 1 fully saturated rings. The zero-order valence-corrected chi connectivity index (χ0v) is 21.9. The first-order valence-electron chi connectivity index (χ1n) is 10.2. The van der Waals surface area contributed by atoms with Crippen LogP contribution in [0.5, 0.6) is 5.75 Å². The van der Waals surface area contributed by atoms with E-state index in [0.29, 0.717) is 16.1 Å². The second-order valence-electron chi connectivity index (χ2n) is 7.57. The highest BCUT2D eigenvalue weighted by molar-refractivity contribution is 9.10. The minimum Gasteiger partial charge on any atom is -0.486 e. The summed E-state index contributed by atoms with van der Waals surface area (Å²) in [6.45, 7) is 1.91. The molecule has 0 aromatic heterocycles. The Hall–Kier alpha value is -2.84. The molecule has 6 nitrogen and oxygen atoms in total. The molecule has 1 N–H and O–H groups in total. The summed E-state index contributed by atoms with van der Waals surface area (Å²) in [6.07, 6.45) is 1.31. The molecule has 0 unspecified atom stereocenters. The lowest BCUT2D eigenvalue weighted by Gasteiger charge is -2.27. The van der Waals surface area contributed by atoms with Crippen LogP contribution >= 0.6 is 50.7 Å². The summed E-state index contributed by atoms with van der Waals surface area (Å²) in [5, 5.41) is 2.95. The van der Waals surface area contributed by atoms with Gasteiger partial charge in [0.15, 0.2) is 5.75 Å². The first-order valence-corrected chi connectivity index (χ1v) is 12.1. The fourth-order valence-electron chi connectivity index (χ4n) is 3.42. The molecule has 3 aromatic carbocycles. The summed E-state index contributed by atoms with van der Waals surface area (Å²) in [5.74, 6) is -1.37. The van der Waals surface area contributed by atoms with Crippen LogP contribution in [0.4, 0.5) is 10.5 Å². The van der Waals surface area contributed by atoms with E-state index in [2.05, 4.69) is 21.2 Å². The number of barbiturate groups is 1. The SMILES string of the molecule is Cc1c(Cl)cccc1N1C(=O)NC(=O)/C(=C\c2cc(Cl)c(OCc3ccc(Br)cc3)c(Cl)c2)C1=O. The van der Waals surface area contributed by atoms with Crippen molar-refractivity contribution in [1.29, 1.82) is 0 Å². The molecule has 0 bridgehead atoms. The van der Waals surface area contributed by atoms with Gasteiger partial charge in [-0.05, 0) is 66.1 Å². The summed E-state index contributed by atoms with van der Waals surface area (Å²) in [5.41, 5.74) is 1.82. The summed E-state index contributed by atoms with van der Waals surface area (Å²) < 4.78 is 6.73. The third kappa shape index (κ3) is 5.38. The van der Waals surface area contributed by atoms with Gasteiger partial charge in [-0.25, -0.2) is 9.69 Å². The monoisotopic (exact) mass is 592 g/mol. The highest BCUT2D eigenvalue weighted by atomic mass is 79.9. The lowest BCUT2D eigenvalue weighted by Crippen LogP contribution is -2.54. The van der Waals surface area contributed by atoms with Gasteiger partial charge in [-0.2, -0.15) is 0 Å². The first kappa shape index (κ1) is 25.3. The molecule has 1 aliphatic rings. The highest BCUT2D eigenvalue weighted by Gasteiger charge is 2.37. The van der Waals surface area contributed by atoms with Gasteiger partial charge in [0.25, 0.3) is 11.8 Å². The van der Waals surface area contributed by atoms with E-state index < -0.39 is 17.8 Å². The lowest BCUT2D eigenvalue weighted by atomic mass is 10.1. The van der Waals surface area contributed by atoms with Crippen LogP contribution in [-0.2, 0) is 16.2 Å². The molecule has 1 saturated heterocycles.